The first-order valence-electron chi connectivity index (χ1n) is 8.68. The number of ether oxygens (including phenoxy) is 2. The van der Waals surface area contributed by atoms with Gasteiger partial charge < -0.3 is 14.8 Å². The van der Waals surface area contributed by atoms with Crippen LogP contribution in [0.2, 0.25) is 0 Å². The van der Waals surface area contributed by atoms with E-state index in [9.17, 15) is 28.1 Å². The third kappa shape index (κ3) is 8.03. The van der Waals surface area contributed by atoms with Crippen LogP contribution >= 0.6 is 0 Å². The summed E-state index contributed by atoms with van der Waals surface area (Å²) in [5, 5.41) is 13.6. The molecule has 1 aromatic carbocycles. The van der Waals surface area contributed by atoms with Crippen LogP contribution < -0.4 is 10.0 Å². The Morgan fingerprint density at radius 2 is 1.86 bits per heavy atom. The number of nitrogens with one attached hydrogen (secondary N) is 2. The fourth-order valence-corrected chi connectivity index (χ4v) is 3.66. The van der Waals surface area contributed by atoms with E-state index in [0.29, 0.717) is 0 Å². The monoisotopic (exact) mass is 431 g/mol. The van der Waals surface area contributed by atoms with Crippen LogP contribution in [0.1, 0.15) is 33.6 Å². The van der Waals surface area contributed by atoms with E-state index in [2.05, 4.69) is 14.8 Å². The van der Waals surface area contributed by atoms with Gasteiger partial charge in [-0.15, -0.1) is 0 Å². The van der Waals surface area contributed by atoms with Gasteiger partial charge in [-0.1, -0.05) is 12.1 Å². The number of carbonyl (C=O) groups excluding carboxylic acids is 2. The second-order valence-corrected chi connectivity index (χ2v) is 8.68. The Morgan fingerprint density at radius 3 is 2.41 bits per heavy atom. The molecule has 0 heterocycles. The number of nitro groups is 1. The SMILES string of the molecule is COC(=O)[C@H](CCCNC(=O)OC(C)(C)C)NS(=O)(=O)c1ccccc1[N+](=O)[O-]. The zero-order valence-electron chi connectivity index (χ0n) is 16.6. The standard InChI is InChI=1S/C17H25N3O8S/c1-17(2,3)28-16(22)18-11-7-8-12(15(21)27-4)19-29(25,26)14-10-6-5-9-13(14)20(23)24/h5-6,9-10,12,19H,7-8,11H2,1-4H3,(H,18,22)/t12-/m0/s1. The fourth-order valence-electron chi connectivity index (χ4n) is 2.26. The fraction of sp³-hybridized carbons (Fsp3) is 0.529. The number of methoxy groups -OCH3 is 1. The van der Waals surface area contributed by atoms with E-state index >= 15 is 0 Å². The predicted molar refractivity (Wildman–Crippen MR) is 103 cm³/mol. The van der Waals surface area contributed by atoms with Crippen molar-refractivity contribution >= 4 is 27.8 Å². The molecule has 0 bridgehead atoms. The lowest BCUT2D eigenvalue weighted by Crippen LogP contribution is -2.42. The molecule has 0 fully saturated rings. The van der Waals surface area contributed by atoms with Crippen molar-refractivity contribution in [2.75, 3.05) is 13.7 Å². The number of hydrogen-bond acceptors (Lipinski definition) is 8. The molecule has 0 radical (unpaired) electrons. The minimum atomic E-state index is -4.37. The van der Waals surface area contributed by atoms with Crippen LogP contribution in [0, 0.1) is 10.1 Å². The molecule has 12 heteroatoms. The van der Waals surface area contributed by atoms with Gasteiger partial charge in [-0.3, -0.25) is 14.9 Å². The van der Waals surface area contributed by atoms with Crippen LogP contribution in [0.5, 0.6) is 0 Å². The summed E-state index contributed by atoms with van der Waals surface area (Å²) in [5.41, 5.74) is -1.28. The largest absolute Gasteiger partial charge is 0.468 e. The first-order chi connectivity index (χ1) is 13.4. The van der Waals surface area contributed by atoms with E-state index < -0.39 is 49.2 Å². The molecule has 0 saturated heterocycles. The summed E-state index contributed by atoms with van der Waals surface area (Å²) in [5.74, 6) is -0.857. The van der Waals surface area contributed by atoms with Gasteiger partial charge in [0.15, 0.2) is 4.90 Å². The summed E-state index contributed by atoms with van der Waals surface area (Å²) in [6.07, 6.45) is -0.437. The van der Waals surface area contributed by atoms with Gasteiger partial charge in [0, 0.05) is 12.6 Å². The number of rotatable bonds is 9. The molecule has 1 atom stereocenters. The Labute approximate surface area is 169 Å². The molecule has 0 aromatic heterocycles. The van der Waals surface area contributed by atoms with E-state index in [0.717, 1.165) is 19.2 Å². The molecule has 11 nitrogen and oxygen atoms in total. The maximum Gasteiger partial charge on any atom is 0.407 e. The minimum absolute atomic E-state index is 0.0116. The van der Waals surface area contributed by atoms with Crippen molar-refractivity contribution in [3.63, 3.8) is 0 Å². The van der Waals surface area contributed by atoms with Gasteiger partial charge in [0.2, 0.25) is 10.0 Å². The molecule has 0 aliphatic heterocycles. The molecular formula is C17H25N3O8S. The number of esters is 1. The molecule has 29 heavy (non-hydrogen) atoms. The van der Waals surface area contributed by atoms with Crippen molar-refractivity contribution in [2.45, 2.75) is 50.2 Å². The molecule has 162 valence electrons. The molecular weight excluding hydrogens is 406 g/mol. The van der Waals surface area contributed by atoms with E-state index in [1.165, 1.54) is 12.1 Å². The van der Waals surface area contributed by atoms with Gasteiger partial charge in [-0.25, -0.2) is 13.2 Å². The molecule has 1 rings (SSSR count). The molecule has 1 amide bonds. The van der Waals surface area contributed by atoms with Gasteiger partial charge in [-0.05, 0) is 39.7 Å². The zero-order chi connectivity index (χ0) is 22.2. The highest BCUT2D eigenvalue weighted by Gasteiger charge is 2.31. The quantitative estimate of drug-likeness (QED) is 0.259. The van der Waals surface area contributed by atoms with Gasteiger partial charge in [-0.2, -0.15) is 4.72 Å². The molecule has 0 saturated carbocycles. The summed E-state index contributed by atoms with van der Waals surface area (Å²) in [4.78, 5) is 33.3. The highest BCUT2D eigenvalue weighted by molar-refractivity contribution is 7.89. The Bertz CT molecular complexity index is 848. The van der Waals surface area contributed by atoms with Crippen molar-refractivity contribution in [1.82, 2.24) is 10.0 Å². The van der Waals surface area contributed by atoms with Crippen LogP contribution in [0.15, 0.2) is 29.2 Å². The van der Waals surface area contributed by atoms with Crippen LogP contribution in [-0.4, -0.2) is 50.7 Å². The van der Waals surface area contributed by atoms with Crippen LogP contribution in [0.4, 0.5) is 10.5 Å². The van der Waals surface area contributed by atoms with Gasteiger partial charge in [0.25, 0.3) is 5.69 Å². The van der Waals surface area contributed by atoms with E-state index in [4.69, 9.17) is 4.74 Å². The number of amides is 1. The average molecular weight is 431 g/mol. The Kier molecular flexibility index (Phi) is 8.52. The smallest absolute Gasteiger partial charge is 0.407 e. The van der Waals surface area contributed by atoms with E-state index in [1.807, 2.05) is 0 Å². The Balaban J connectivity index is 2.81. The Hall–Kier alpha value is -2.73. The third-order valence-corrected chi connectivity index (χ3v) is 4.99. The second kappa shape index (κ2) is 10.2. The van der Waals surface area contributed by atoms with Crippen LogP contribution in [0.25, 0.3) is 0 Å². The van der Waals surface area contributed by atoms with E-state index in [1.54, 1.807) is 20.8 Å². The van der Waals surface area contributed by atoms with Gasteiger partial charge in [0.1, 0.15) is 11.6 Å². The maximum absolute atomic E-state index is 12.6. The molecule has 1 aromatic rings. The average Bonchev–Trinajstić information content (AvgIpc) is 2.62. The minimum Gasteiger partial charge on any atom is -0.468 e. The lowest BCUT2D eigenvalue weighted by Gasteiger charge is -2.20. The topological polar surface area (TPSA) is 154 Å². The number of carbonyl (C=O) groups is 2. The highest BCUT2D eigenvalue weighted by atomic mass is 32.2. The molecule has 0 aliphatic carbocycles. The summed E-state index contributed by atoms with van der Waals surface area (Å²) in [6, 6.07) is 3.49. The molecule has 0 spiro atoms. The summed E-state index contributed by atoms with van der Waals surface area (Å²) >= 11 is 0. The maximum atomic E-state index is 12.6. The van der Waals surface area contributed by atoms with Crippen molar-refractivity contribution in [3.05, 3.63) is 34.4 Å². The summed E-state index contributed by atoms with van der Waals surface area (Å²) < 4.78 is 37.0. The predicted octanol–water partition coefficient (Wildman–Crippen LogP) is 1.72. The lowest BCUT2D eigenvalue weighted by molar-refractivity contribution is -0.387. The molecule has 0 aliphatic rings. The molecule has 2 N–H and O–H groups in total. The first-order valence-corrected chi connectivity index (χ1v) is 10.2. The number of sulfonamides is 1. The normalized spacial score (nSPS) is 12.7. The highest BCUT2D eigenvalue weighted by Crippen LogP contribution is 2.23. The third-order valence-electron chi connectivity index (χ3n) is 3.47. The summed E-state index contributed by atoms with van der Waals surface area (Å²) in [6.45, 7) is 5.24. The van der Waals surface area contributed by atoms with Gasteiger partial charge in [0.05, 0.1) is 12.0 Å². The van der Waals surface area contributed by atoms with Crippen molar-refractivity contribution < 1.29 is 32.4 Å². The van der Waals surface area contributed by atoms with E-state index in [-0.39, 0.29) is 19.4 Å². The van der Waals surface area contributed by atoms with Crippen molar-refractivity contribution in [2.24, 2.45) is 0 Å². The van der Waals surface area contributed by atoms with Crippen LogP contribution in [-0.2, 0) is 24.3 Å². The number of benzene rings is 1. The number of nitro benzene ring substituents is 1. The van der Waals surface area contributed by atoms with Crippen molar-refractivity contribution in [1.29, 1.82) is 0 Å². The molecule has 0 unspecified atom stereocenters. The second-order valence-electron chi connectivity index (χ2n) is 6.99. The zero-order valence-corrected chi connectivity index (χ0v) is 17.4. The number of hydrogen-bond donors (Lipinski definition) is 2. The Morgan fingerprint density at radius 1 is 1.24 bits per heavy atom. The first kappa shape index (κ1) is 24.3. The number of nitrogens with zero attached hydrogens (tertiary/aromatic N) is 1. The van der Waals surface area contributed by atoms with Gasteiger partial charge >= 0.3 is 12.1 Å². The van der Waals surface area contributed by atoms with Crippen LogP contribution in [0.3, 0.4) is 0 Å². The van der Waals surface area contributed by atoms with Crippen molar-refractivity contribution in [3.8, 4) is 0 Å². The summed E-state index contributed by atoms with van der Waals surface area (Å²) in [7, 11) is -3.28. The number of para-hydroxylation sites is 1. The lowest BCUT2D eigenvalue weighted by atomic mass is 10.2. The number of alkyl carbamates (subject to hydrolysis) is 1.